The SMILES string of the molecule is CC(C)NCC(O)COc1ccc(CCOC(=O)N(C)C)cc1. The summed E-state index contributed by atoms with van der Waals surface area (Å²) >= 11 is 0. The van der Waals surface area contributed by atoms with Gasteiger partial charge in [0, 0.05) is 33.1 Å². The Kier molecular flexibility index (Phi) is 8.43. The monoisotopic (exact) mass is 324 g/mol. The van der Waals surface area contributed by atoms with Crippen molar-refractivity contribution >= 4 is 6.09 Å². The number of carbonyl (C=O) groups excluding carboxylic acids is 1. The molecule has 1 aromatic rings. The Hall–Kier alpha value is -1.79. The molecule has 0 heterocycles. The molecule has 1 unspecified atom stereocenters. The number of aliphatic hydroxyl groups excluding tert-OH is 1. The number of nitrogens with one attached hydrogen (secondary N) is 1. The van der Waals surface area contributed by atoms with Gasteiger partial charge < -0.3 is 24.8 Å². The third kappa shape index (κ3) is 8.42. The van der Waals surface area contributed by atoms with E-state index >= 15 is 0 Å². The summed E-state index contributed by atoms with van der Waals surface area (Å²) in [5, 5.41) is 12.9. The fourth-order valence-corrected chi connectivity index (χ4v) is 1.76. The van der Waals surface area contributed by atoms with Gasteiger partial charge in [-0.2, -0.15) is 0 Å². The maximum absolute atomic E-state index is 11.3. The average Bonchev–Trinajstić information content (AvgIpc) is 2.51. The second-order valence-electron chi connectivity index (χ2n) is 5.93. The van der Waals surface area contributed by atoms with Crippen molar-refractivity contribution in [1.29, 1.82) is 0 Å². The van der Waals surface area contributed by atoms with Gasteiger partial charge in [-0.3, -0.25) is 0 Å². The van der Waals surface area contributed by atoms with E-state index in [9.17, 15) is 9.90 Å². The third-order valence-electron chi connectivity index (χ3n) is 3.11. The Labute approximate surface area is 138 Å². The van der Waals surface area contributed by atoms with Crippen molar-refractivity contribution in [2.75, 3.05) is 33.9 Å². The number of aliphatic hydroxyl groups is 1. The van der Waals surface area contributed by atoms with Crippen molar-refractivity contribution in [3.63, 3.8) is 0 Å². The first-order valence-electron chi connectivity index (χ1n) is 7.85. The van der Waals surface area contributed by atoms with Crippen LogP contribution in [0, 0.1) is 0 Å². The Bertz CT molecular complexity index is 460. The second kappa shape index (κ2) is 10.1. The van der Waals surface area contributed by atoms with E-state index in [1.165, 1.54) is 4.90 Å². The van der Waals surface area contributed by atoms with Crippen LogP contribution in [0.15, 0.2) is 24.3 Å². The lowest BCUT2D eigenvalue weighted by molar-refractivity contribution is 0.104. The van der Waals surface area contributed by atoms with Gasteiger partial charge >= 0.3 is 6.09 Å². The molecule has 0 saturated heterocycles. The molecule has 130 valence electrons. The van der Waals surface area contributed by atoms with Gasteiger partial charge in [0.2, 0.25) is 0 Å². The predicted octanol–water partition coefficient (Wildman–Crippen LogP) is 1.66. The lowest BCUT2D eigenvalue weighted by atomic mass is 10.1. The summed E-state index contributed by atoms with van der Waals surface area (Å²) in [5.41, 5.74) is 1.06. The van der Waals surface area contributed by atoms with Crippen LogP contribution < -0.4 is 10.1 Å². The van der Waals surface area contributed by atoms with Crippen LogP contribution in [-0.2, 0) is 11.2 Å². The molecule has 23 heavy (non-hydrogen) atoms. The molecule has 1 atom stereocenters. The van der Waals surface area contributed by atoms with Gasteiger partial charge in [0.05, 0.1) is 6.61 Å². The quantitative estimate of drug-likeness (QED) is 0.723. The van der Waals surface area contributed by atoms with E-state index in [1.54, 1.807) is 14.1 Å². The van der Waals surface area contributed by atoms with Gasteiger partial charge in [-0.25, -0.2) is 4.79 Å². The number of amides is 1. The number of hydrogen-bond donors (Lipinski definition) is 2. The zero-order valence-electron chi connectivity index (χ0n) is 14.4. The van der Waals surface area contributed by atoms with Crippen LogP contribution in [0.25, 0.3) is 0 Å². The number of ether oxygens (including phenoxy) is 2. The van der Waals surface area contributed by atoms with Gasteiger partial charge in [-0.05, 0) is 17.7 Å². The zero-order chi connectivity index (χ0) is 17.2. The minimum atomic E-state index is -0.539. The summed E-state index contributed by atoms with van der Waals surface area (Å²) in [4.78, 5) is 12.7. The molecule has 0 aromatic heterocycles. The van der Waals surface area contributed by atoms with Crippen LogP contribution in [0.5, 0.6) is 5.75 Å². The first kappa shape index (κ1) is 19.3. The summed E-state index contributed by atoms with van der Waals surface area (Å²) < 4.78 is 10.6. The lowest BCUT2D eigenvalue weighted by Gasteiger charge is -2.15. The number of nitrogens with zero attached hydrogens (tertiary/aromatic N) is 1. The highest BCUT2D eigenvalue weighted by Gasteiger charge is 2.07. The standard InChI is InChI=1S/C17H28N2O4/c1-13(2)18-11-15(20)12-23-16-7-5-14(6-8-16)9-10-22-17(21)19(3)4/h5-8,13,15,18,20H,9-12H2,1-4H3. The van der Waals surface area contributed by atoms with Crippen molar-refractivity contribution in [2.45, 2.75) is 32.4 Å². The van der Waals surface area contributed by atoms with E-state index in [-0.39, 0.29) is 12.7 Å². The van der Waals surface area contributed by atoms with Crippen LogP contribution in [-0.4, -0.2) is 62.1 Å². The number of hydrogen-bond acceptors (Lipinski definition) is 5. The molecule has 0 spiro atoms. The molecule has 6 nitrogen and oxygen atoms in total. The highest BCUT2D eigenvalue weighted by Crippen LogP contribution is 2.13. The van der Waals surface area contributed by atoms with Crippen molar-refractivity contribution in [3.05, 3.63) is 29.8 Å². The van der Waals surface area contributed by atoms with Crippen LogP contribution in [0.2, 0.25) is 0 Å². The summed E-state index contributed by atoms with van der Waals surface area (Å²) in [7, 11) is 3.30. The van der Waals surface area contributed by atoms with Gasteiger partial charge in [0.15, 0.2) is 0 Å². The number of benzene rings is 1. The summed E-state index contributed by atoms with van der Waals surface area (Å²) in [6.07, 6.45) is -0.225. The van der Waals surface area contributed by atoms with Crippen LogP contribution in [0.1, 0.15) is 19.4 Å². The molecule has 2 N–H and O–H groups in total. The zero-order valence-corrected chi connectivity index (χ0v) is 14.4. The van der Waals surface area contributed by atoms with E-state index in [4.69, 9.17) is 9.47 Å². The minimum Gasteiger partial charge on any atom is -0.491 e. The molecule has 0 radical (unpaired) electrons. The second-order valence-corrected chi connectivity index (χ2v) is 5.93. The molecule has 6 heteroatoms. The molecule has 0 aliphatic carbocycles. The van der Waals surface area contributed by atoms with Crippen molar-refractivity contribution in [3.8, 4) is 5.75 Å². The van der Waals surface area contributed by atoms with E-state index < -0.39 is 6.10 Å². The fourth-order valence-electron chi connectivity index (χ4n) is 1.76. The Balaban J connectivity index is 2.29. The van der Waals surface area contributed by atoms with Crippen LogP contribution >= 0.6 is 0 Å². The predicted molar refractivity (Wildman–Crippen MR) is 89.8 cm³/mol. The van der Waals surface area contributed by atoms with E-state index in [0.29, 0.717) is 31.4 Å². The van der Waals surface area contributed by atoms with E-state index in [0.717, 1.165) is 5.56 Å². The highest BCUT2D eigenvalue weighted by molar-refractivity contribution is 5.66. The fraction of sp³-hybridized carbons (Fsp3) is 0.588. The maximum Gasteiger partial charge on any atom is 0.409 e. The maximum atomic E-state index is 11.3. The largest absolute Gasteiger partial charge is 0.491 e. The molecule has 0 aliphatic heterocycles. The molecular weight excluding hydrogens is 296 g/mol. The molecule has 0 fully saturated rings. The molecule has 1 amide bonds. The Morgan fingerprint density at radius 1 is 1.26 bits per heavy atom. The van der Waals surface area contributed by atoms with Crippen molar-refractivity contribution in [2.24, 2.45) is 0 Å². The molecule has 1 rings (SSSR count). The van der Waals surface area contributed by atoms with Gasteiger partial charge in [0.1, 0.15) is 18.5 Å². The molecule has 0 bridgehead atoms. The summed E-state index contributed by atoms with van der Waals surface area (Å²) in [6, 6.07) is 7.90. The normalized spacial score (nSPS) is 12.1. The van der Waals surface area contributed by atoms with Crippen molar-refractivity contribution < 1.29 is 19.4 Å². The lowest BCUT2D eigenvalue weighted by Crippen LogP contribution is -2.35. The van der Waals surface area contributed by atoms with Gasteiger partial charge in [-0.15, -0.1) is 0 Å². The van der Waals surface area contributed by atoms with Crippen LogP contribution in [0.4, 0.5) is 4.79 Å². The summed E-state index contributed by atoms with van der Waals surface area (Å²) in [5.74, 6) is 0.711. The third-order valence-corrected chi connectivity index (χ3v) is 3.11. The Morgan fingerprint density at radius 2 is 1.91 bits per heavy atom. The van der Waals surface area contributed by atoms with Gasteiger partial charge in [0.25, 0.3) is 0 Å². The van der Waals surface area contributed by atoms with E-state index in [2.05, 4.69) is 5.32 Å². The topological polar surface area (TPSA) is 71.0 Å². The number of rotatable bonds is 9. The van der Waals surface area contributed by atoms with E-state index in [1.807, 2.05) is 38.1 Å². The minimum absolute atomic E-state index is 0.250. The average molecular weight is 324 g/mol. The molecule has 0 aliphatic rings. The molecule has 0 saturated carbocycles. The smallest absolute Gasteiger partial charge is 0.409 e. The van der Waals surface area contributed by atoms with Crippen LogP contribution in [0.3, 0.4) is 0 Å². The first-order chi connectivity index (χ1) is 10.9. The summed E-state index contributed by atoms with van der Waals surface area (Å²) in [6.45, 7) is 5.16. The van der Waals surface area contributed by atoms with Gasteiger partial charge in [-0.1, -0.05) is 26.0 Å². The Morgan fingerprint density at radius 3 is 2.48 bits per heavy atom. The molecule has 1 aromatic carbocycles. The highest BCUT2D eigenvalue weighted by atomic mass is 16.6. The molecular formula is C17H28N2O4. The van der Waals surface area contributed by atoms with Crippen molar-refractivity contribution in [1.82, 2.24) is 10.2 Å². The first-order valence-corrected chi connectivity index (χ1v) is 7.85. The number of carbonyl (C=O) groups is 1.